The zero-order valence-corrected chi connectivity index (χ0v) is 23.1. The Morgan fingerprint density at radius 3 is 2.37 bits per heavy atom. The van der Waals surface area contributed by atoms with Gasteiger partial charge in [-0.25, -0.2) is 9.69 Å². The Morgan fingerprint density at radius 1 is 0.921 bits per heavy atom. The molecule has 38 heavy (non-hydrogen) atoms. The SMILES string of the molecule is CCCCOc1ccc(N2C(=O)NC(=O)/C(=C/c3ccc(OCc4ccc(C)c(C)c4)c(Br)c3)C2=O)cc1. The Kier molecular flexibility index (Phi) is 8.63. The first-order chi connectivity index (χ1) is 18.3. The lowest BCUT2D eigenvalue weighted by Crippen LogP contribution is -2.54. The number of halogens is 1. The van der Waals surface area contributed by atoms with Crippen molar-refractivity contribution >= 4 is 45.5 Å². The largest absolute Gasteiger partial charge is 0.494 e. The number of urea groups is 1. The van der Waals surface area contributed by atoms with Crippen molar-refractivity contribution in [3.8, 4) is 11.5 Å². The van der Waals surface area contributed by atoms with E-state index in [9.17, 15) is 14.4 Å². The number of barbiturate groups is 1. The van der Waals surface area contributed by atoms with Gasteiger partial charge in [-0.15, -0.1) is 0 Å². The second-order valence-corrected chi connectivity index (χ2v) is 9.91. The Hall–Kier alpha value is -3.91. The van der Waals surface area contributed by atoms with Crippen LogP contribution in [0.15, 0.2) is 70.7 Å². The molecule has 3 aromatic carbocycles. The number of hydrogen-bond donors (Lipinski definition) is 1. The monoisotopic (exact) mass is 576 g/mol. The third-order valence-electron chi connectivity index (χ3n) is 6.20. The average molecular weight is 577 g/mol. The minimum Gasteiger partial charge on any atom is -0.494 e. The number of anilines is 1. The highest BCUT2D eigenvalue weighted by atomic mass is 79.9. The van der Waals surface area contributed by atoms with Crippen LogP contribution < -0.4 is 19.7 Å². The lowest BCUT2D eigenvalue weighted by atomic mass is 10.1. The standard InChI is InChI=1S/C30H29BrN2O5/c1-4-5-14-37-24-11-9-23(10-12-24)33-29(35)25(28(34)32-30(33)36)16-21-8-13-27(26(31)17-21)38-18-22-7-6-19(2)20(3)15-22/h6-13,15-17H,4-5,14,18H2,1-3H3,(H,32,34,36)/b25-16-. The van der Waals surface area contributed by atoms with E-state index < -0.39 is 17.8 Å². The van der Waals surface area contributed by atoms with Gasteiger partial charge in [0.05, 0.1) is 16.8 Å². The molecular weight excluding hydrogens is 548 g/mol. The predicted octanol–water partition coefficient (Wildman–Crippen LogP) is 6.49. The Morgan fingerprint density at radius 2 is 1.68 bits per heavy atom. The fourth-order valence-electron chi connectivity index (χ4n) is 3.86. The number of benzene rings is 3. The molecule has 0 radical (unpaired) electrons. The molecule has 0 unspecified atom stereocenters. The number of nitrogens with zero attached hydrogens (tertiary/aromatic N) is 1. The molecule has 0 bridgehead atoms. The number of carbonyl (C=O) groups is 3. The van der Waals surface area contributed by atoms with E-state index in [1.165, 1.54) is 17.2 Å². The van der Waals surface area contributed by atoms with Crippen molar-refractivity contribution in [1.82, 2.24) is 5.32 Å². The van der Waals surface area contributed by atoms with Gasteiger partial charge in [-0.1, -0.05) is 37.6 Å². The summed E-state index contributed by atoms with van der Waals surface area (Å²) in [6.45, 7) is 7.20. The van der Waals surface area contributed by atoms with Crippen LogP contribution in [-0.2, 0) is 16.2 Å². The van der Waals surface area contributed by atoms with Gasteiger partial charge in [0.15, 0.2) is 0 Å². The second kappa shape index (κ2) is 12.1. The molecule has 4 rings (SSSR count). The van der Waals surface area contributed by atoms with E-state index in [-0.39, 0.29) is 5.57 Å². The molecule has 0 atom stereocenters. The van der Waals surface area contributed by atoms with E-state index in [4.69, 9.17) is 9.47 Å². The van der Waals surface area contributed by atoms with E-state index in [0.717, 1.165) is 23.3 Å². The van der Waals surface area contributed by atoms with E-state index >= 15 is 0 Å². The number of aryl methyl sites for hydroxylation is 2. The number of nitrogens with one attached hydrogen (secondary N) is 1. The average Bonchev–Trinajstić information content (AvgIpc) is 2.89. The number of ether oxygens (including phenoxy) is 2. The Bertz CT molecular complexity index is 1400. The van der Waals surface area contributed by atoms with Crippen molar-refractivity contribution in [3.05, 3.63) is 93.0 Å². The number of hydrogen-bond acceptors (Lipinski definition) is 5. The lowest BCUT2D eigenvalue weighted by molar-refractivity contribution is -0.122. The topological polar surface area (TPSA) is 84.9 Å². The van der Waals surface area contributed by atoms with Gasteiger partial charge < -0.3 is 9.47 Å². The highest BCUT2D eigenvalue weighted by Gasteiger charge is 2.36. The van der Waals surface area contributed by atoms with Gasteiger partial charge in [-0.3, -0.25) is 14.9 Å². The predicted molar refractivity (Wildman–Crippen MR) is 150 cm³/mol. The van der Waals surface area contributed by atoms with Crippen molar-refractivity contribution < 1.29 is 23.9 Å². The van der Waals surface area contributed by atoms with Crippen LogP contribution in [0.1, 0.15) is 42.0 Å². The van der Waals surface area contributed by atoms with Crippen LogP contribution in [0, 0.1) is 13.8 Å². The summed E-state index contributed by atoms with van der Waals surface area (Å²) in [4.78, 5) is 39.2. The van der Waals surface area contributed by atoms with Crippen LogP contribution in [-0.4, -0.2) is 24.5 Å². The maximum atomic E-state index is 13.2. The van der Waals surface area contributed by atoms with E-state index in [2.05, 4.69) is 54.2 Å². The van der Waals surface area contributed by atoms with E-state index in [1.54, 1.807) is 42.5 Å². The Labute approximate surface area is 230 Å². The van der Waals surface area contributed by atoms with Crippen LogP contribution in [0.3, 0.4) is 0 Å². The molecule has 1 aliphatic rings. The highest BCUT2D eigenvalue weighted by Crippen LogP contribution is 2.29. The van der Waals surface area contributed by atoms with Gasteiger partial charge in [0, 0.05) is 0 Å². The van der Waals surface area contributed by atoms with Gasteiger partial charge in [0.2, 0.25) is 0 Å². The number of carbonyl (C=O) groups excluding carboxylic acids is 3. The fourth-order valence-corrected chi connectivity index (χ4v) is 4.37. The first-order valence-corrected chi connectivity index (χ1v) is 13.2. The van der Waals surface area contributed by atoms with Crippen LogP contribution in [0.4, 0.5) is 10.5 Å². The molecule has 8 heteroatoms. The fraction of sp³-hybridized carbons (Fsp3) is 0.233. The summed E-state index contributed by atoms with van der Waals surface area (Å²) in [5, 5.41) is 2.25. The maximum absolute atomic E-state index is 13.2. The molecule has 0 aromatic heterocycles. The quantitative estimate of drug-likeness (QED) is 0.179. The van der Waals surface area contributed by atoms with Crippen molar-refractivity contribution in [2.45, 2.75) is 40.2 Å². The third kappa shape index (κ3) is 6.31. The molecule has 1 fully saturated rings. The summed E-state index contributed by atoms with van der Waals surface area (Å²) >= 11 is 3.51. The summed E-state index contributed by atoms with van der Waals surface area (Å²) < 4.78 is 12.3. The summed E-state index contributed by atoms with van der Waals surface area (Å²) in [5.41, 5.74) is 4.27. The van der Waals surface area contributed by atoms with Gasteiger partial charge in [-0.05, 0) is 101 Å². The molecule has 7 nitrogen and oxygen atoms in total. The molecule has 1 saturated heterocycles. The van der Waals surface area contributed by atoms with Gasteiger partial charge in [0.1, 0.15) is 23.7 Å². The molecule has 1 N–H and O–H groups in total. The smallest absolute Gasteiger partial charge is 0.335 e. The molecule has 1 aliphatic heterocycles. The van der Waals surface area contributed by atoms with Crippen molar-refractivity contribution in [2.24, 2.45) is 0 Å². The van der Waals surface area contributed by atoms with Crippen molar-refractivity contribution in [1.29, 1.82) is 0 Å². The molecule has 0 saturated carbocycles. The summed E-state index contributed by atoms with van der Waals surface area (Å²) in [6, 6.07) is 17.3. The first-order valence-electron chi connectivity index (χ1n) is 12.4. The third-order valence-corrected chi connectivity index (χ3v) is 6.82. The van der Waals surface area contributed by atoms with Gasteiger partial charge in [0.25, 0.3) is 11.8 Å². The Balaban J connectivity index is 1.50. The number of rotatable bonds is 9. The van der Waals surface area contributed by atoms with Crippen LogP contribution in [0.25, 0.3) is 6.08 Å². The lowest BCUT2D eigenvalue weighted by Gasteiger charge is -2.26. The zero-order chi connectivity index (χ0) is 27.2. The van der Waals surface area contributed by atoms with Crippen LogP contribution in [0.5, 0.6) is 11.5 Å². The molecule has 0 aliphatic carbocycles. The minimum atomic E-state index is -0.798. The maximum Gasteiger partial charge on any atom is 0.335 e. The van der Waals surface area contributed by atoms with Crippen LogP contribution in [0.2, 0.25) is 0 Å². The van der Waals surface area contributed by atoms with E-state index in [1.807, 2.05) is 6.07 Å². The molecule has 4 amide bonds. The highest BCUT2D eigenvalue weighted by molar-refractivity contribution is 9.10. The number of imide groups is 2. The second-order valence-electron chi connectivity index (χ2n) is 9.05. The summed E-state index contributed by atoms with van der Waals surface area (Å²) in [5.74, 6) is -0.182. The minimum absolute atomic E-state index is 0.149. The summed E-state index contributed by atoms with van der Waals surface area (Å²) in [7, 11) is 0. The van der Waals surface area contributed by atoms with Gasteiger partial charge >= 0.3 is 6.03 Å². The number of unbranched alkanes of at least 4 members (excludes halogenated alkanes) is 1. The molecule has 3 aromatic rings. The van der Waals surface area contributed by atoms with Gasteiger partial charge in [-0.2, -0.15) is 0 Å². The number of amides is 4. The first kappa shape index (κ1) is 27.1. The van der Waals surface area contributed by atoms with Crippen LogP contribution >= 0.6 is 15.9 Å². The normalized spacial score (nSPS) is 14.6. The van der Waals surface area contributed by atoms with E-state index in [0.29, 0.717) is 40.4 Å². The zero-order valence-electron chi connectivity index (χ0n) is 21.5. The molecule has 0 spiro atoms. The molecular formula is C30H29BrN2O5. The molecule has 1 heterocycles. The van der Waals surface area contributed by atoms with Crippen molar-refractivity contribution in [2.75, 3.05) is 11.5 Å². The van der Waals surface area contributed by atoms with Crippen molar-refractivity contribution in [3.63, 3.8) is 0 Å². The molecule has 196 valence electrons. The summed E-state index contributed by atoms with van der Waals surface area (Å²) in [6.07, 6.45) is 3.40.